The molecule has 1 fully saturated rings. The molecule has 0 saturated heterocycles. The van der Waals surface area contributed by atoms with Gasteiger partial charge in [-0.1, -0.05) is 37.0 Å². The van der Waals surface area contributed by atoms with Crippen LogP contribution in [0.25, 0.3) is 0 Å². The van der Waals surface area contributed by atoms with Crippen molar-refractivity contribution in [1.82, 2.24) is 4.98 Å². The third-order valence-corrected chi connectivity index (χ3v) is 6.68. The monoisotopic (exact) mass is 336 g/mol. The van der Waals surface area contributed by atoms with E-state index < -0.39 is 9.05 Å². The Morgan fingerprint density at radius 1 is 1.30 bits per heavy atom. The van der Waals surface area contributed by atoms with E-state index in [1.165, 1.54) is 12.8 Å². The first-order valence-corrected chi connectivity index (χ1v) is 9.73. The van der Waals surface area contributed by atoms with Gasteiger partial charge in [-0.3, -0.25) is 4.79 Å². The highest BCUT2D eigenvalue weighted by molar-refractivity contribution is 8.15. The molecule has 0 aromatic carbocycles. The molecule has 8 heteroatoms. The summed E-state index contributed by atoms with van der Waals surface area (Å²) >= 11 is 0.901. The summed E-state index contributed by atoms with van der Waals surface area (Å²) in [4.78, 5) is 16.2. The quantitative estimate of drug-likeness (QED) is 0.678. The van der Waals surface area contributed by atoms with Gasteiger partial charge in [-0.05, 0) is 19.8 Å². The summed E-state index contributed by atoms with van der Waals surface area (Å²) in [6.45, 7) is 1.56. The zero-order valence-electron chi connectivity index (χ0n) is 11.2. The van der Waals surface area contributed by atoms with Crippen molar-refractivity contribution in [3.8, 4) is 0 Å². The van der Waals surface area contributed by atoms with Crippen molar-refractivity contribution in [3.63, 3.8) is 0 Å². The maximum atomic E-state index is 12.2. The van der Waals surface area contributed by atoms with E-state index in [0.717, 1.165) is 37.0 Å². The summed E-state index contributed by atoms with van der Waals surface area (Å²) in [6.07, 6.45) is 6.25. The number of thiazole rings is 1. The molecule has 2 rings (SSSR count). The van der Waals surface area contributed by atoms with Crippen LogP contribution in [-0.4, -0.2) is 19.3 Å². The molecule has 1 aromatic rings. The second-order valence-electron chi connectivity index (χ2n) is 5.01. The van der Waals surface area contributed by atoms with Gasteiger partial charge in [-0.15, -0.1) is 0 Å². The lowest BCUT2D eigenvalue weighted by Crippen LogP contribution is -2.22. The topological polar surface area (TPSA) is 76.1 Å². The minimum atomic E-state index is -3.80. The summed E-state index contributed by atoms with van der Waals surface area (Å²) in [5, 5.41) is 3.02. The number of hydrogen-bond donors (Lipinski definition) is 1. The average Bonchev–Trinajstić information content (AvgIpc) is 2.59. The molecule has 20 heavy (non-hydrogen) atoms. The zero-order valence-corrected chi connectivity index (χ0v) is 13.6. The van der Waals surface area contributed by atoms with Gasteiger partial charge in [0.1, 0.15) is 0 Å². The molecule has 0 unspecified atom stereocenters. The van der Waals surface area contributed by atoms with Crippen molar-refractivity contribution in [2.24, 2.45) is 5.92 Å². The first-order valence-electron chi connectivity index (χ1n) is 6.61. The van der Waals surface area contributed by atoms with E-state index >= 15 is 0 Å². The van der Waals surface area contributed by atoms with Gasteiger partial charge < -0.3 is 5.32 Å². The first-order chi connectivity index (χ1) is 9.38. The van der Waals surface area contributed by atoms with Gasteiger partial charge >= 0.3 is 0 Å². The lowest BCUT2D eigenvalue weighted by molar-refractivity contribution is -0.120. The highest BCUT2D eigenvalue weighted by Crippen LogP contribution is 2.31. The molecule has 1 aliphatic carbocycles. The Kier molecular flexibility index (Phi) is 5.04. The molecule has 0 spiro atoms. The molecule has 1 aliphatic rings. The van der Waals surface area contributed by atoms with Crippen LogP contribution in [0.3, 0.4) is 0 Å². The number of aromatic nitrogens is 1. The van der Waals surface area contributed by atoms with Gasteiger partial charge in [0.15, 0.2) is 9.34 Å². The lowest BCUT2D eigenvalue weighted by atomic mass is 10.00. The van der Waals surface area contributed by atoms with Crippen LogP contribution in [0.1, 0.15) is 44.2 Å². The molecule has 1 aromatic heterocycles. The zero-order chi connectivity index (χ0) is 14.8. The highest BCUT2D eigenvalue weighted by atomic mass is 35.7. The highest BCUT2D eigenvalue weighted by Gasteiger charge is 2.23. The Morgan fingerprint density at radius 2 is 1.90 bits per heavy atom. The smallest absolute Gasteiger partial charge is 0.272 e. The molecule has 112 valence electrons. The third kappa shape index (κ3) is 3.93. The van der Waals surface area contributed by atoms with E-state index in [0.29, 0.717) is 10.8 Å². The maximum absolute atomic E-state index is 12.2. The second kappa shape index (κ2) is 6.41. The van der Waals surface area contributed by atoms with Crippen LogP contribution < -0.4 is 5.32 Å². The van der Waals surface area contributed by atoms with E-state index in [1.54, 1.807) is 6.92 Å². The SMILES string of the molecule is Cc1nc(NC(=O)C2CCCCCC2)sc1S(=O)(=O)Cl. The van der Waals surface area contributed by atoms with E-state index in [9.17, 15) is 13.2 Å². The molecule has 5 nitrogen and oxygen atoms in total. The van der Waals surface area contributed by atoms with Gasteiger partial charge in [0.05, 0.1) is 5.69 Å². The molecular weight excluding hydrogens is 320 g/mol. The molecule has 0 aliphatic heterocycles. The summed E-state index contributed by atoms with van der Waals surface area (Å²) in [6, 6.07) is 0. The number of halogens is 1. The number of amides is 1. The number of rotatable bonds is 3. The Bertz CT molecular complexity index is 590. The number of nitrogens with zero attached hydrogens (tertiary/aromatic N) is 1. The van der Waals surface area contributed by atoms with E-state index in [4.69, 9.17) is 10.7 Å². The predicted octanol–water partition coefficient (Wildman–Crippen LogP) is 3.29. The van der Waals surface area contributed by atoms with Crippen LogP contribution in [0, 0.1) is 12.8 Å². The molecule has 1 N–H and O–H groups in total. The third-order valence-electron chi connectivity index (χ3n) is 3.43. The van der Waals surface area contributed by atoms with Crippen molar-refractivity contribution in [3.05, 3.63) is 5.69 Å². The fraction of sp³-hybridized carbons (Fsp3) is 0.667. The van der Waals surface area contributed by atoms with Crippen LogP contribution in [0.2, 0.25) is 0 Å². The molecule has 0 radical (unpaired) electrons. The average molecular weight is 337 g/mol. The van der Waals surface area contributed by atoms with Crippen LogP contribution in [-0.2, 0) is 13.8 Å². The largest absolute Gasteiger partial charge is 0.302 e. The fourth-order valence-corrected chi connectivity index (χ4v) is 4.77. The minimum absolute atomic E-state index is 0.00207. The van der Waals surface area contributed by atoms with Gasteiger partial charge in [0.25, 0.3) is 9.05 Å². The van der Waals surface area contributed by atoms with Gasteiger partial charge in [-0.2, -0.15) is 0 Å². The summed E-state index contributed by atoms with van der Waals surface area (Å²) < 4.78 is 22.6. The first kappa shape index (κ1) is 15.7. The summed E-state index contributed by atoms with van der Waals surface area (Å²) in [7, 11) is 1.51. The number of aryl methyl sites for hydroxylation is 1. The maximum Gasteiger partial charge on any atom is 0.272 e. The Balaban J connectivity index is 2.08. The molecule has 1 saturated carbocycles. The standard InChI is InChI=1S/C12H17ClN2O3S2/c1-8-11(20(13,17)18)19-12(14-8)15-10(16)9-6-4-2-3-5-7-9/h9H,2-7H2,1H3,(H,14,15,16). The Hall–Kier alpha value is -0.660. The molecule has 1 heterocycles. The number of carbonyl (C=O) groups excluding carboxylic acids is 1. The van der Waals surface area contributed by atoms with Crippen molar-refractivity contribution in [2.75, 3.05) is 5.32 Å². The van der Waals surface area contributed by atoms with Gasteiger partial charge in [0, 0.05) is 16.6 Å². The van der Waals surface area contributed by atoms with Gasteiger partial charge in [-0.25, -0.2) is 13.4 Å². The normalized spacial score (nSPS) is 17.7. The minimum Gasteiger partial charge on any atom is -0.302 e. The van der Waals surface area contributed by atoms with Crippen molar-refractivity contribution in [2.45, 2.75) is 49.7 Å². The predicted molar refractivity (Wildman–Crippen MR) is 79.7 cm³/mol. The Morgan fingerprint density at radius 3 is 2.40 bits per heavy atom. The molecule has 1 amide bonds. The van der Waals surface area contributed by atoms with Crippen LogP contribution in [0.4, 0.5) is 5.13 Å². The second-order valence-corrected chi connectivity index (χ2v) is 8.77. The number of nitrogens with one attached hydrogen (secondary N) is 1. The van der Waals surface area contributed by atoms with E-state index in [-0.39, 0.29) is 16.0 Å². The van der Waals surface area contributed by atoms with Crippen molar-refractivity contribution < 1.29 is 13.2 Å². The Labute approximate surface area is 127 Å². The lowest BCUT2D eigenvalue weighted by Gasteiger charge is -2.12. The van der Waals surface area contributed by atoms with Crippen LogP contribution >= 0.6 is 22.0 Å². The van der Waals surface area contributed by atoms with Crippen LogP contribution in [0.15, 0.2) is 4.21 Å². The van der Waals surface area contributed by atoms with Crippen molar-refractivity contribution in [1.29, 1.82) is 0 Å². The van der Waals surface area contributed by atoms with Gasteiger partial charge in [0.2, 0.25) is 5.91 Å². The van der Waals surface area contributed by atoms with Crippen LogP contribution in [0.5, 0.6) is 0 Å². The molecule has 0 bridgehead atoms. The van der Waals surface area contributed by atoms with E-state index in [2.05, 4.69) is 10.3 Å². The summed E-state index contributed by atoms with van der Waals surface area (Å²) in [5.41, 5.74) is 0.321. The molecule has 0 atom stereocenters. The summed E-state index contributed by atoms with van der Waals surface area (Å²) in [5.74, 6) is -0.0723. The van der Waals surface area contributed by atoms with Crippen molar-refractivity contribution >= 4 is 42.1 Å². The fourth-order valence-electron chi connectivity index (χ4n) is 2.41. The number of carbonyl (C=O) groups is 1. The van der Waals surface area contributed by atoms with E-state index in [1.807, 2.05) is 0 Å². The number of anilines is 1. The molecular formula is C12H17ClN2O3S2. The number of hydrogen-bond acceptors (Lipinski definition) is 5.